The van der Waals surface area contributed by atoms with Gasteiger partial charge in [0.15, 0.2) is 0 Å². The van der Waals surface area contributed by atoms with Gasteiger partial charge in [-0.1, -0.05) is 74.0 Å². The molecule has 4 aromatic rings. The number of fused-ring (bicyclic) bond motifs is 1. The molecule has 41 heavy (non-hydrogen) atoms. The highest BCUT2D eigenvalue weighted by atomic mass is 35.5. The second kappa shape index (κ2) is 14.6. The summed E-state index contributed by atoms with van der Waals surface area (Å²) in [5.41, 5.74) is 4.12. The summed E-state index contributed by atoms with van der Waals surface area (Å²) in [6, 6.07) is 19.0. The van der Waals surface area contributed by atoms with Crippen LogP contribution in [0.3, 0.4) is 0 Å². The summed E-state index contributed by atoms with van der Waals surface area (Å²) in [4.78, 5) is 17.0. The Morgan fingerprint density at radius 3 is 2.24 bits per heavy atom. The number of halogens is 1. The third-order valence-electron chi connectivity index (χ3n) is 6.64. The zero-order chi connectivity index (χ0) is 29.2. The van der Waals surface area contributed by atoms with Crippen molar-refractivity contribution in [3.8, 4) is 34.1 Å². The van der Waals surface area contributed by atoms with E-state index in [1.165, 1.54) is 6.42 Å². The molecule has 0 aliphatic carbocycles. The summed E-state index contributed by atoms with van der Waals surface area (Å²) in [6.07, 6.45) is 4.52. The van der Waals surface area contributed by atoms with Crippen molar-refractivity contribution >= 4 is 28.7 Å². The summed E-state index contributed by atoms with van der Waals surface area (Å²) in [5.74, 6) is 2.43. The van der Waals surface area contributed by atoms with Crippen molar-refractivity contribution in [1.29, 1.82) is 0 Å². The Morgan fingerprint density at radius 2 is 1.56 bits per heavy atom. The molecule has 216 valence electrons. The lowest BCUT2D eigenvalue weighted by Gasteiger charge is -2.18. The summed E-state index contributed by atoms with van der Waals surface area (Å²) in [7, 11) is 1.55. The second-order valence-electron chi connectivity index (χ2n) is 9.76. The molecule has 0 fully saturated rings. The number of benzene rings is 3. The maximum Gasteiger partial charge on any atom is 0.511 e. The fourth-order valence-electron chi connectivity index (χ4n) is 4.47. The van der Waals surface area contributed by atoms with Crippen LogP contribution < -0.4 is 14.2 Å². The number of carbonyl (C=O) groups is 1. The van der Waals surface area contributed by atoms with Crippen LogP contribution in [-0.4, -0.2) is 31.6 Å². The third kappa shape index (κ3) is 8.04. The van der Waals surface area contributed by atoms with Gasteiger partial charge >= 0.3 is 6.16 Å². The number of aromatic nitrogens is 1. The Labute approximate surface area is 246 Å². The molecule has 0 N–H and O–H groups in total. The zero-order valence-corrected chi connectivity index (χ0v) is 24.8. The molecule has 0 saturated carbocycles. The lowest BCUT2D eigenvalue weighted by Crippen LogP contribution is -2.13. The third-order valence-corrected chi connectivity index (χ3v) is 6.93. The van der Waals surface area contributed by atoms with E-state index in [9.17, 15) is 4.79 Å². The smallest absolute Gasteiger partial charge is 0.495 e. The minimum atomic E-state index is -0.769. The van der Waals surface area contributed by atoms with E-state index in [2.05, 4.69) is 6.92 Å². The van der Waals surface area contributed by atoms with Gasteiger partial charge in [-0.25, -0.2) is 4.79 Å². The first kappa shape index (κ1) is 30.0. The summed E-state index contributed by atoms with van der Waals surface area (Å²) < 4.78 is 27.9. The fourth-order valence-corrected chi connectivity index (χ4v) is 4.71. The number of rotatable bonds is 13. The molecule has 0 radical (unpaired) electrons. The van der Waals surface area contributed by atoms with Crippen LogP contribution in [0, 0.1) is 13.8 Å². The van der Waals surface area contributed by atoms with Crippen molar-refractivity contribution in [1.82, 2.24) is 4.98 Å². The molecule has 1 heterocycles. The highest BCUT2D eigenvalue weighted by Crippen LogP contribution is 2.42. The van der Waals surface area contributed by atoms with Crippen LogP contribution in [0.1, 0.15) is 50.3 Å². The standard InChI is InChI=1S/C33H36ClNO6/c1-5-6-7-8-9-18-38-33(36)40-21-39-32-27-19-28(34)30(37-4)20-29(27)35-23(3)31(32)24-12-16-26(17-13-24)41-25-14-10-22(2)11-15-25/h10-17,19-20H,5-9,18,21H2,1-4H3. The molecule has 1 aromatic heterocycles. The van der Waals surface area contributed by atoms with Gasteiger partial charge in [0.25, 0.3) is 0 Å². The molecule has 3 aromatic carbocycles. The molecule has 0 unspecified atom stereocenters. The van der Waals surface area contributed by atoms with Crippen molar-refractivity contribution in [2.75, 3.05) is 20.5 Å². The van der Waals surface area contributed by atoms with Gasteiger partial charge in [-0.2, -0.15) is 0 Å². The molecule has 0 aliphatic heterocycles. The van der Waals surface area contributed by atoms with Gasteiger partial charge in [0, 0.05) is 22.7 Å². The Bertz CT molecular complexity index is 1450. The molecule has 0 bridgehead atoms. The molecule has 0 atom stereocenters. The molecular formula is C33H36ClNO6. The number of nitrogens with zero attached hydrogens (tertiary/aromatic N) is 1. The number of ether oxygens (including phenoxy) is 5. The van der Waals surface area contributed by atoms with Crippen LogP contribution in [0.4, 0.5) is 4.79 Å². The van der Waals surface area contributed by atoms with E-state index in [1.807, 2.05) is 62.4 Å². The van der Waals surface area contributed by atoms with E-state index in [0.717, 1.165) is 53.8 Å². The van der Waals surface area contributed by atoms with Crippen molar-refractivity contribution in [3.05, 3.63) is 76.9 Å². The minimum absolute atomic E-state index is 0.317. The Balaban J connectivity index is 1.55. The van der Waals surface area contributed by atoms with Crippen molar-refractivity contribution in [2.45, 2.75) is 52.9 Å². The predicted molar refractivity (Wildman–Crippen MR) is 161 cm³/mol. The van der Waals surface area contributed by atoms with E-state index in [4.69, 9.17) is 40.3 Å². The van der Waals surface area contributed by atoms with E-state index in [0.29, 0.717) is 39.8 Å². The van der Waals surface area contributed by atoms with E-state index in [1.54, 1.807) is 19.2 Å². The van der Waals surface area contributed by atoms with Crippen LogP contribution in [0.25, 0.3) is 22.0 Å². The summed E-state index contributed by atoms with van der Waals surface area (Å²) >= 11 is 6.48. The largest absolute Gasteiger partial charge is 0.511 e. The normalized spacial score (nSPS) is 10.9. The topological polar surface area (TPSA) is 76.1 Å². The highest BCUT2D eigenvalue weighted by molar-refractivity contribution is 6.33. The number of methoxy groups -OCH3 is 1. The Kier molecular flexibility index (Phi) is 10.7. The Morgan fingerprint density at radius 1 is 0.878 bits per heavy atom. The molecule has 7 nitrogen and oxygen atoms in total. The molecule has 0 spiro atoms. The monoisotopic (exact) mass is 577 g/mol. The van der Waals surface area contributed by atoms with Crippen molar-refractivity contribution < 1.29 is 28.5 Å². The molecule has 0 aliphatic rings. The average molecular weight is 578 g/mol. The van der Waals surface area contributed by atoms with Crippen LogP contribution in [0.5, 0.6) is 23.0 Å². The van der Waals surface area contributed by atoms with E-state index >= 15 is 0 Å². The van der Waals surface area contributed by atoms with Gasteiger partial charge in [0.2, 0.25) is 6.79 Å². The molecule has 4 rings (SSSR count). The number of unbranched alkanes of at least 4 members (excludes halogenated alkanes) is 4. The number of pyridine rings is 1. The van der Waals surface area contributed by atoms with Gasteiger partial charge in [-0.15, -0.1) is 0 Å². The number of hydrogen-bond acceptors (Lipinski definition) is 7. The van der Waals surface area contributed by atoms with Gasteiger partial charge in [0.05, 0.1) is 24.3 Å². The lowest BCUT2D eigenvalue weighted by molar-refractivity contribution is 0.00471. The zero-order valence-electron chi connectivity index (χ0n) is 24.0. The average Bonchev–Trinajstić information content (AvgIpc) is 2.96. The molecular weight excluding hydrogens is 542 g/mol. The first-order chi connectivity index (χ1) is 19.9. The molecule has 0 amide bonds. The van der Waals surface area contributed by atoms with E-state index in [-0.39, 0.29) is 6.79 Å². The van der Waals surface area contributed by atoms with Crippen molar-refractivity contribution in [2.24, 2.45) is 0 Å². The first-order valence-corrected chi connectivity index (χ1v) is 14.2. The number of aryl methyl sites for hydroxylation is 2. The van der Waals surface area contributed by atoms with Gasteiger partial charge in [-0.3, -0.25) is 4.98 Å². The van der Waals surface area contributed by atoms with E-state index < -0.39 is 6.16 Å². The minimum Gasteiger partial charge on any atom is -0.495 e. The molecule has 0 saturated heterocycles. The maximum absolute atomic E-state index is 12.2. The maximum atomic E-state index is 12.2. The fraction of sp³-hybridized carbons (Fsp3) is 0.333. The SMILES string of the molecule is CCCCCCCOC(=O)OCOc1c(-c2ccc(Oc3ccc(C)cc3)cc2)c(C)nc2cc(OC)c(Cl)cc12. The number of hydrogen-bond donors (Lipinski definition) is 0. The predicted octanol–water partition coefficient (Wildman–Crippen LogP) is 9.43. The quantitative estimate of drug-likeness (QED) is 0.0889. The lowest BCUT2D eigenvalue weighted by atomic mass is 10.00. The van der Waals surface area contributed by atoms with Gasteiger partial charge in [-0.05, 0) is 56.2 Å². The Hall–Kier alpha value is -3.97. The van der Waals surface area contributed by atoms with Crippen LogP contribution >= 0.6 is 11.6 Å². The number of carbonyl (C=O) groups excluding carboxylic acids is 1. The van der Waals surface area contributed by atoms with Gasteiger partial charge < -0.3 is 23.7 Å². The van der Waals surface area contributed by atoms with Gasteiger partial charge in [0.1, 0.15) is 23.0 Å². The molecule has 8 heteroatoms. The van der Waals surface area contributed by atoms with Crippen LogP contribution in [0.15, 0.2) is 60.7 Å². The summed E-state index contributed by atoms with van der Waals surface area (Å²) in [6.45, 7) is 6.07. The van der Waals surface area contributed by atoms with Crippen LogP contribution in [-0.2, 0) is 9.47 Å². The highest BCUT2D eigenvalue weighted by Gasteiger charge is 2.19. The van der Waals surface area contributed by atoms with Crippen LogP contribution in [0.2, 0.25) is 5.02 Å². The van der Waals surface area contributed by atoms with Crippen molar-refractivity contribution in [3.63, 3.8) is 0 Å². The summed E-state index contributed by atoms with van der Waals surface area (Å²) in [5, 5.41) is 1.07. The second-order valence-corrected chi connectivity index (χ2v) is 10.2. The first-order valence-electron chi connectivity index (χ1n) is 13.8.